The van der Waals surface area contributed by atoms with Crippen LogP contribution < -0.4 is 19.7 Å². The molecule has 0 unspecified atom stereocenters. The molecule has 1 aliphatic heterocycles. The Balaban J connectivity index is 1.41. The minimum absolute atomic E-state index is 0.0121. The van der Waals surface area contributed by atoms with Gasteiger partial charge in [-0.3, -0.25) is 10.0 Å². The van der Waals surface area contributed by atoms with E-state index < -0.39 is 20.5 Å². The zero-order valence-corrected chi connectivity index (χ0v) is 24.0. The van der Waals surface area contributed by atoms with Gasteiger partial charge in [0.15, 0.2) is 14.6 Å². The summed E-state index contributed by atoms with van der Waals surface area (Å²) in [6.45, 7) is 0.650. The SMILES string of the molecule is COc1ccc(C(=CCCCOc2ccc(S(=O)(=O)C3(C(=O)NO)CCOCC3)cc2)c2ccc(OC)cc2)cc1. The largest absolute Gasteiger partial charge is 0.497 e. The predicted molar refractivity (Wildman–Crippen MR) is 154 cm³/mol. The Kier molecular flexibility index (Phi) is 10.0. The van der Waals surface area contributed by atoms with Gasteiger partial charge in [-0.2, -0.15) is 0 Å². The third-order valence-electron chi connectivity index (χ3n) is 7.23. The molecule has 0 aliphatic carbocycles. The van der Waals surface area contributed by atoms with Crippen molar-refractivity contribution in [2.75, 3.05) is 34.0 Å². The smallest absolute Gasteiger partial charge is 0.265 e. The van der Waals surface area contributed by atoms with Crippen molar-refractivity contribution in [3.8, 4) is 17.2 Å². The number of nitrogens with one attached hydrogen (secondary N) is 1. The molecule has 0 bridgehead atoms. The number of unbranched alkanes of at least 4 members (excludes halogenated alkanes) is 1. The Morgan fingerprint density at radius 1 is 0.878 bits per heavy atom. The van der Waals surface area contributed by atoms with E-state index in [1.54, 1.807) is 26.4 Å². The Morgan fingerprint density at radius 2 is 1.39 bits per heavy atom. The first-order valence-electron chi connectivity index (χ1n) is 13.3. The molecule has 10 heteroatoms. The maximum absolute atomic E-state index is 13.4. The number of carbonyl (C=O) groups excluding carboxylic acids is 1. The van der Waals surface area contributed by atoms with Gasteiger partial charge in [0.05, 0.1) is 25.7 Å². The van der Waals surface area contributed by atoms with Crippen molar-refractivity contribution >= 4 is 21.3 Å². The van der Waals surface area contributed by atoms with E-state index in [4.69, 9.17) is 18.9 Å². The second-order valence-electron chi connectivity index (χ2n) is 9.59. The van der Waals surface area contributed by atoms with Crippen LogP contribution in [0.3, 0.4) is 0 Å². The molecule has 1 saturated heterocycles. The highest BCUT2D eigenvalue weighted by Gasteiger charge is 2.52. The quantitative estimate of drug-likeness (QED) is 0.177. The fourth-order valence-corrected chi connectivity index (χ4v) is 6.76. The van der Waals surface area contributed by atoms with Crippen molar-refractivity contribution in [3.63, 3.8) is 0 Å². The molecular formula is C31H35NO8S. The van der Waals surface area contributed by atoms with Gasteiger partial charge in [0.1, 0.15) is 17.2 Å². The van der Waals surface area contributed by atoms with Crippen LogP contribution in [0.2, 0.25) is 0 Å². The highest BCUT2D eigenvalue weighted by Crippen LogP contribution is 2.36. The third-order valence-corrected chi connectivity index (χ3v) is 9.75. The van der Waals surface area contributed by atoms with Crippen LogP contribution in [0.5, 0.6) is 17.2 Å². The van der Waals surface area contributed by atoms with Gasteiger partial charge in [-0.1, -0.05) is 30.3 Å². The number of ether oxygens (including phenoxy) is 4. The van der Waals surface area contributed by atoms with Gasteiger partial charge in [0.25, 0.3) is 5.91 Å². The molecule has 218 valence electrons. The molecule has 4 rings (SSSR count). The summed E-state index contributed by atoms with van der Waals surface area (Å²) in [5.41, 5.74) is 4.73. The average molecular weight is 582 g/mol. The molecule has 2 N–H and O–H groups in total. The molecule has 1 aliphatic rings. The second-order valence-corrected chi connectivity index (χ2v) is 11.8. The van der Waals surface area contributed by atoms with Crippen molar-refractivity contribution in [3.05, 3.63) is 90.0 Å². The topological polar surface area (TPSA) is 120 Å². The zero-order chi connectivity index (χ0) is 29.3. The van der Waals surface area contributed by atoms with Gasteiger partial charge in [0, 0.05) is 13.2 Å². The van der Waals surface area contributed by atoms with E-state index in [-0.39, 0.29) is 31.0 Å². The van der Waals surface area contributed by atoms with Crippen molar-refractivity contribution < 1.29 is 37.4 Å². The molecule has 0 spiro atoms. The summed E-state index contributed by atoms with van der Waals surface area (Å²) >= 11 is 0. The number of sulfone groups is 1. The summed E-state index contributed by atoms with van der Waals surface area (Å²) in [5, 5.41) is 9.21. The predicted octanol–water partition coefficient (Wildman–Crippen LogP) is 4.82. The Labute approximate surface area is 240 Å². The summed E-state index contributed by atoms with van der Waals surface area (Å²) in [6.07, 6.45) is 3.57. The summed E-state index contributed by atoms with van der Waals surface area (Å²) in [7, 11) is -0.805. The number of hydrogen-bond donors (Lipinski definition) is 2. The first-order chi connectivity index (χ1) is 19.8. The van der Waals surface area contributed by atoms with Crippen LogP contribution in [-0.2, 0) is 19.4 Å². The van der Waals surface area contributed by atoms with Crippen molar-refractivity contribution in [2.24, 2.45) is 0 Å². The number of allylic oxidation sites excluding steroid dienone is 1. The van der Waals surface area contributed by atoms with Gasteiger partial charge in [-0.25, -0.2) is 13.9 Å². The lowest BCUT2D eigenvalue weighted by molar-refractivity contribution is -0.134. The van der Waals surface area contributed by atoms with Gasteiger partial charge in [-0.05, 0) is 90.9 Å². The van der Waals surface area contributed by atoms with Gasteiger partial charge < -0.3 is 18.9 Å². The lowest BCUT2D eigenvalue weighted by Crippen LogP contribution is -2.54. The van der Waals surface area contributed by atoms with E-state index in [0.717, 1.165) is 41.0 Å². The van der Waals surface area contributed by atoms with E-state index >= 15 is 0 Å². The number of methoxy groups -OCH3 is 2. The maximum Gasteiger partial charge on any atom is 0.265 e. The monoisotopic (exact) mass is 581 g/mol. The molecule has 1 heterocycles. The molecule has 9 nitrogen and oxygen atoms in total. The van der Waals surface area contributed by atoms with Crippen LogP contribution in [0.4, 0.5) is 0 Å². The van der Waals surface area contributed by atoms with Crippen LogP contribution >= 0.6 is 0 Å². The number of rotatable bonds is 12. The van der Waals surface area contributed by atoms with Crippen LogP contribution in [-0.4, -0.2) is 58.3 Å². The van der Waals surface area contributed by atoms with Gasteiger partial charge in [-0.15, -0.1) is 0 Å². The van der Waals surface area contributed by atoms with Gasteiger partial charge >= 0.3 is 0 Å². The standard InChI is InChI=1S/C31H35NO8S/c1-37-25-10-6-23(7-11-25)29(24-8-12-26(38-2)13-9-24)5-3-4-20-40-27-14-16-28(17-15-27)41(35,36)31(30(33)32-34)18-21-39-22-19-31/h5-17,34H,3-4,18-22H2,1-2H3,(H,32,33). The average Bonchev–Trinajstić information content (AvgIpc) is 3.03. The van der Waals surface area contributed by atoms with E-state index in [1.807, 2.05) is 48.5 Å². The van der Waals surface area contributed by atoms with E-state index in [0.29, 0.717) is 12.4 Å². The number of hydroxylamine groups is 1. The summed E-state index contributed by atoms with van der Waals surface area (Å²) in [5.74, 6) is 1.15. The molecule has 3 aromatic carbocycles. The molecule has 41 heavy (non-hydrogen) atoms. The zero-order valence-electron chi connectivity index (χ0n) is 23.2. The first kappa shape index (κ1) is 30.1. The first-order valence-corrected chi connectivity index (χ1v) is 14.8. The molecule has 3 aromatic rings. The van der Waals surface area contributed by atoms with Gasteiger partial charge in [0.2, 0.25) is 0 Å². The van der Waals surface area contributed by atoms with Crippen molar-refractivity contribution in [1.82, 2.24) is 5.48 Å². The molecular weight excluding hydrogens is 546 g/mol. The van der Waals surface area contributed by atoms with Crippen molar-refractivity contribution in [1.29, 1.82) is 0 Å². The number of benzene rings is 3. The summed E-state index contributed by atoms with van der Waals surface area (Å²) in [6, 6.07) is 21.8. The highest BCUT2D eigenvalue weighted by molar-refractivity contribution is 7.93. The number of amides is 1. The minimum atomic E-state index is -4.08. The highest BCUT2D eigenvalue weighted by atomic mass is 32.2. The summed E-state index contributed by atoms with van der Waals surface area (Å²) in [4.78, 5) is 12.4. The third kappa shape index (κ3) is 6.73. The normalized spacial score (nSPS) is 14.5. The molecule has 1 amide bonds. The van der Waals surface area contributed by atoms with Crippen LogP contribution in [0.15, 0.2) is 83.8 Å². The molecule has 0 atom stereocenters. The number of carbonyl (C=O) groups is 1. The minimum Gasteiger partial charge on any atom is -0.497 e. The lowest BCUT2D eigenvalue weighted by atomic mass is 9.96. The lowest BCUT2D eigenvalue weighted by Gasteiger charge is -2.34. The van der Waals surface area contributed by atoms with E-state index in [1.165, 1.54) is 17.6 Å². The van der Waals surface area contributed by atoms with E-state index in [9.17, 15) is 18.4 Å². The van der Waals surface area contributed by atoms with Crippen LogP contribution in [0.25, 0.3) is 5.57 Å². The number of hydrogen-bond acceptors (Lipinski definition) is 8. The molecule has 1 fully saturated rings. The Bertz CT molecular complexity index is 1380. The molecule has 0 aromatic heterocycles. The maximum atomic E-state index is 13.4. The second kappa shape index (κ2) is 13.7. The van der Waals surface area contributed by atoms with Crippen molar-refractivity contribution in [2.45, 2.75) is 35.3 Å². The Hall–Kier alpha value is -3.86. The van der Waals surface area contributed by atoms with Crippen LogP contribution in [0, 0.1) is 0 Å². The van der Waals surface area contributed by atoms with E-state index in [2.05, 4.69) is 6.08 Å². The fourth-order valence-electron chi connectivity index (χ4n) is 4.82. The Morgan fingerprint density at radius 3 is 1.88 bits per heavy atom. The molecule has 0 saturated carbocycles. The summed E-state index contributed by atoms with van der Waals surface area (Å²) < 4.78 is 46.7. The van der Waals surface area contributed by atoms with Crippen LogP contribution in [0.1, 0.15) is 36.8 Å². The fraction of sp³-hybridized carbons (Fsp3) is 0.323. The molecule has 0 radical (unpaired) electrons.